The molecule has 0 spiro atoms. The molecular weight excluding hydrogens is 430 g/mol. The fraction of sp³-hybridized carbons (Fsp3) is 0.200. The molecule has 5 rings (SSSR count). The second kappa shape index (κ2) is 7.88. The first kappa shape index (κ1) is 20.4. The molecule has 0 bridgehead atoms. The molecule has 1 fully saturated rings. The first-order valence-corrected chi connectivity index (χ1v) is 10.7. The second-order valence-corrected chi connectivity index (χ2v) is 8.45. The van der Waals surface area contributed by atoms with Gasteiger partial charge in [0, 0.05) is 17.0 Å². The maximum Gasteiger partial charge on any atom is 0.296 e. The van der Waals surface area contributed by atoms with Crippen LogP contribution in [0.4, 0.5) is 0 Å². The highest BCUT2D eigenvalue weighted by Gasteiger charge is 2.46. The molecule has 32 heavy (non-hydrogen) atoms. The van der Waals surface area contributed by atoms with Crippen molar-refractivity contribution in [3.63, 3.8) is 0 Å². The molecule has 1 aromatic heterocycles. The van der Waals surface area contributed by atoms with Crippen LogP contribution in [-0.2, 0) is 22.6 Å². The van der Waals surface area contributed by atoms with Gasteiger partial charge < -0.3 is 19.2 Å². The quantitative estimate of drug-likeness (QED) is 0.349. The van der Waals surface area contributed by atoms with Gasteiger partial charge in [-0.3, -0.25) is 9.59 Å². The number of ether oxygens (including phenoxy) is 1. The summed E-state index contributed by atoms with van der Waals surface area (Å²) < 4.78 is 11.1. The molecule has 2 aliphatic heterocycles. The number of carbonyl (C=O) groups is 2. The van der Waals surface area contributed by atoms with E-state index in [2.05, 4.69) is 0 Å². The largest absolute Gasteiger partial charge is 0.507 e. The number of halogens is 1. The number of aliphatic hydroxyl groups is 1. The van der Waals surface area contributed by atoms with Crippen LogP contribution in [0.5, 0.6) is 5.75 Å². The Bertz CT molecular complexity index is 1250. The van der Waals surface area contributed by atoms with Crippen LogP contribution in [0, 0.1) is 0 Å². The van der Waals surface area contributed by atoms with Crippen LogP contribution in [0.1, 0.15) is 35.4 Å². The number of benzene rings is 2. The summed E-state index contributed by atoms with van der Waals surface area (Å²) >= 11 is 6.21. The number of furan rings is 1. The summed E-state index contributed by atoms with van der Waals surface area (Å²) in [6, 6.07) is 14.9. The normalized spacial score (nSPS) is 21.6. The fourth-order valence-electron chi connectivity index (χ4n) is 4.36. The lowest BCUT2D eigenvalue weighted by molar-refractivity contribution is -0.140. The predicted molar refractivity (Wildman–Crippen MR) is 118 cm³/mol. The van der Waals surface area contributed by atoms with Gasteiger partial charge in [0.1, 0.15) is 23.4 Å². The monoisotopic (exact) mass is 449 g/mol. The number of aliphatic hydroxyl groups excluding tert-OH is 1. The van der Waals surface area contributed by atoms with Crippen LogP contribution >= 0.6 is 11.6 Å². The van der Waals surface area contributed by atoms with Gasteiger partial charge in [-0.15, -0.1) is 0 Å². The average Bonchev–Trinajstić information content (AvgIpc) is 3.47. The molecular formula is C25H20ClNO5. The Morgan fingerprint density at radius 1 is 1.16 bits per heavy atom. The Hall–Kier alpha value is -3.51. The van der Waals surface area contributed by atoms with E-state index < -0.39 is 17.7 Å². The van der Waals surface area contributed by atoms with Crippen molar-refractivity contribution in [1.82, 2.24) is 4.90 Å². The minimum Gasteiger partial charge on any atom is -0.507 e. The molecule has 1 amide bonds. The predicted octanol–water partition coefficient (Wildman–Crippen LogP) is 4.88. The second-order valence-electron chi connectivity index (χ2n) is 8.02. The van der Waals surface area contributed by atoms with Crippen molar-refractivity contribution >= 4 is 29.1 Å². The molecule has 1 saturated heterocycles. The molecule has 3 aromatic rings. The molecule has 2 aliphatic rings. The molecule has 2 atom stereocenters. The van der Waals surface area contributed by atoms with Crippen LogP contribution in [0.3, 0.4) is 0 Å². The average molecular weight is 450 g/mol. The van der Waals surface area contributed by atoms with E-state index in [1.807, 2.05) is 13.0 Å². The summed E-state index contributed by atoms with van der Waals surface area (Å²) in [5, 5.41) is 11.7. The summed E-state index contributed by atoms with van der Waals surface area (Å²) in [4.78, 5) is 27.5. The van der Waals surface area contributed by atoms with Gasteiger partial charge in [0.05, 0.1) is 24.4 Å². The number of hydrogen-bond donors (Lipinski definition) is 1. The Morgan fingerprint density at radius 3 is 2.75 bits per heavy atom. The van der Waals surface area contributed by atoms with E-state index in [9.17, 15) is 14.7 Å². The molecule has 0 saturated carbocycles. The first-order valence-electron chi connectivity index (χ1n) is 10.3. The summed E-state index contributed by atoms with van der Waals surface area (Å²) in [6.45, 7) is 2.06. The number of hydrogen-bond acceptors (Lipinski definition) is 5. The standard InChI is InChI=1S/C25H20ClNO5/c1-14-10-17-11-16(7-8-20(17)32-14)23(28)21-22(15-4-2-5-18(26)12-15)27(25(30)24(21)29)13-19-6-3-9-31-19/h2-9,11-12,14,22,28H,10,13H2,1H3/b23-21+/t14-,22+/m1/s1. The highest BCUT2D eigenvalue weighted by molar-refractivity contribution is 6.46. The van der Waals surface area contributed by atoms with Crippen molar-refractivity contribution in [3.8, 4) is 5.75 Å². The zero-order valence-electron chi connectivity index (χ0n) is 17.2. The minimum absolute atomic E-state index is 0.0238. The molecule has 0 unspecified atom stereocenters. The van der Waals surface area contributed by atoms with Crippen molar-refractivity contribution in [2.45, 2.75) is 32.0 Å². The minimum atomic E-state index is -0.803. The van der Waals surface area contributed by atoms with Gasteiger partial charge >= 0.3 is 0 Å². The summed E-state index contributed by atoms with van der Waals surface area (Å²) in [7, 11) is 0. The fourth-order valence-corrected chi connectivity index (χ4v) is 4.56. The third kappa shape index (κ3) is 3.46. The number of rotatable bonds is 4. The highest BCUT2D eigenvalue weighted by atomic mass is 35.5. The van der Waals surface area contributed by atoms with Crippen LogP contribution in [0.15, 0.2) is 70.9 Å². The van der Waals surface area contributed by atoms with Gasteiger partial charge in [-0.1, -0.05) is 23.7 Å². The topological polar surface area (TPSA) is 80.0 Å². The van der Waals surface area contributed by atoms with Crippen molar-refractivity contribution in [2.24, 2.45) is 0 Å². The van der Waals surface area contributed by atoms with Crippen molar-refractivity contribution in [1.29, 1.82) is 0 Å². The van der Waals surface area contributed by atoms with Gasteiger partial charge in [-0.05, 0) is 60.5 Å². The lowest BCUT2D eigenvalue weighted by Gasteiger charge is -2.24. The van der Waals surface area contributed by atoms with Crippen LogP contribution in [0.2, 0.25) is 5.02 Å². The van der Waals surface area contributed by atoms with E-state index in [4.69, 9.17) is 20.8 Å². The number of likely N-dealkylation sites (tertiary alicyclic amines) is 1. The number of fused-ring (bicyclic) bond motifs is 1. The lowest BCUT2D eigenvalue weighted by atomic mass is 9.94. The van der Waals surface area contributed by atoms with Gasteiger partial charge in [0.15, 0.2) is 0 Å². The van der Waals surface area contributed by atoms with E-state index in [0.717, 1.165) is 11.3 Å². The van der Waals surface area contributed by atoms with E-state index in [1.165, 1.54) is 11.2 Å². The van der Waals surface area contributed by atoms with Crippen LogP contribution in [-0.4, -0.2) is 27.8 Å². The number of nitrogens with zero attached hydrogens (tertiary/aromatic N) is 1. The van der Waals surface area contributed by atoms with E-state index in [-0.39, 0.29) is 24.0 Å². The van der Waals surface area contributed by atoms with Gasteiger partial charge in [-0.2, -0.15) is 0 Å². The zero-order chi connectivity index (χ0) is 22.4. The number of amides is 1. The van der Waals surface area contributed by atoms with Gasteiger partial charge in [0.2, 0.25) is 0 Å². The number of ketones is 1. The van der Waals surface area contributed by atoms with Gasteiger partial charge in [0.25, 0.3) is 11.7 Å². The summed E-state index contributed by atoms with van der Waals surface area (Å²) in [5.74, 6) is -0.380. The van der Waals surface area contributed by atoms with Gasteiger partial charge in [-0.25, -0.2) is 0 Å². The highest BCUT2D eigenvalue weighted by Crippen LogP contribution is 2.41. The van der Waals surface area contributed by atoms with Crippen molar-refractivity contribution in [2.75, 3.05) is 0 Å². The third-order valence-corrected chi connectivity index (χ3v) is 6.02. The molecule has 162 valence electrons. The van der Waals surface area contributed by atoms with E-state index in [1.54, 1.807) is 48.5 Å². The SMILES string of the molecule is C[C@@H]1Cc2cc(/C(O)=C3\C(=O)C(=O)N(Cc4ccco4)[C@H]3c3cccc(Cl)c3)ccc2O1. The maximum absolute atomic E-state index is 13.1. The third-order valence-electron chi connectivity index (χ3n) is 5.78. The number of Topliss-reactive ketones (excluding diaryl/α,β-unsaturated/α-hetero) is 1. The van der Waals surface area contributed by atoms with Crippen molar-refractivity contribution < 1.29 is 23.8 Å². The summed E-state index contributed by atoms with van der Waals surface area (Å²) in [6.07, 6.45) is 2.27. The zero-order valence-corrected chi connectivity index (χ0v) is 18.0. The smallest absolute Gasteiger partial charge is 0.296 e. The van der Waals surface area contributed by atoms with Crippen LogP contribution in [0.25, 0.3) is 5.76 Å². The molecule has 2 aromatic carbocycles. The van der Waals surface area contributed by atoms with E-state index in [0.29, 0.717) is 28.3 Å². The van der Waals surface area contributed by atoms with E-state index >= 15 is 0 Å². The Kier molecular flexibility index (Phi) is 5.02. The molecule has 3 heterocycles. The molecule has 1 N–H and O–H groups in total. The molecule has 0 radical (unpaired) electrons. The van der Waals surface area contributed by atoms with Crippen molar-refractivity contribution in [3.05, 3.63) is 93.9 Å². The molecule has 6 nitrogen and oxygen atoms in total. The Morgan fingerprint density at radius 2 is 2.00 bits per heavy atom. The maximum atomic E-state index is 13.1. The lowest BCUT2D eigenvalue weighted by Crippen LogP contribution is -2.29. The Balaban J connectivity index is 1.64. The number of carbonyl (C=O) groups excluding carboxylic acids is 2. The molecule has 7 heteroatoms. The Labute approximate surface area is 189 Å². The summed E-state index contributed by atoms with van der Waals surface area (Å²) in [5.41, 5.74) is 2.06. The molecule has 0 aliphatic carbocycles. The first-order chi connectivity index (χ1) is 15.4. The van der Waals surface area contributed by atoms with Crippen LogP contribution < -0.4 is 4.74 Å².